The van der Waals surface area contributed by atoms with Gasteiger partial charge in [-0.3, -0.25) is 0 Å². The fourth-order valence-electron chi connectivity index (χ4n) is 4.82. The molecule has 5 rings (SSSR count). The quantitative estimate of drug-likeness (QED) is 0.127. The van der Waals surface area contributed by atoms with E-state index in [1.54, 1.807) is 6.08 Å². The summed E-state index contributed by atoms with van der Waals surface area (Å²) < 4.78 is 9.29. The van der Waals surface area contributed by atoms with Crippen LogP contribution in [0.4, 0.5) is 0 Å². The standard InChI is InChI=1S/C24H33IN7O3/c1-28-17-19(24(33)29-10-5-2-6-11-29)15-21-23(28)31(13-14-35-21)20-8-12-30(25-16-20)18-32(26,34)22-7-3-4-9-27-22/h3-4,7-8,12,15-16,27H,2,5-6,9-11,13-14,17-18,26H2,1H3/q-1. The SMILES string of the molecule is CN1CC(C(=O)N2CCCCC2)=CC2=C1N(C1=C[I-]N(C[N+](N)([O-])C3=CC=CCN3)C=C1)CCO2. The number of rotatable bonds is 5. The van der Waals surface area contributed by atoms with Gasteiger partial charge in [0.2, 0.25) is 0 Å². The Morgan fingerprint density at radius 3 is 2.83 bits per heavy atom. The minimum atomic E-state index is -0.953. The van der Waals surface area contributed by atoms with Gasteiger partial charge in [-0.2, -0.15) is 0 Å². The van der Waals surface area contributed by atoms with Crippen molar-refractivity contribution >= 4 is 5.91 Å². The zero-order chi connectivity index (χ0) is 24.4. The Balaban J connectivity index is 1.28. The number of piperidine rings is 1. The van der Waals surface area contributed by atoms with E-state index in [1.165, 1.54) is 6.42 Å². The molecule has 0 aromatic heterocycles. The zero-order valence-corrected chi connectivity index (χ0v) is 22.2. The van der Waals surface area contributed by atoms with Crippen LogP contribution in [-0.2, 0) is 9.53 Å². The van der Waals surface area contributed by atoms with Gasteiger partial charge in [0.15, 0.2) is 0 Å². The van der Waals surface area contributed by atoms with Gasteiger partial charge in [0.05, 0.1) is 0 Å². The van der Waals surface area contributed by atoms with Crippen LogP contribution < -0.4 is 32.6 Å². The molecule has 5 heterocycles. The van der Waals surface area contributed by atoms with Gasteiger partial charge in [-0.05, 0) is 0 Å². The van der Waals surface area contributed by atoms with Gasteiger partial charge in [0.25, 0.3) is 0 Å². The number of nitrogens with one attached hydrogen (secondary N) is 1. The third kappa shape index (κ3) is 5.22. The molecule has 5 aliphatic heterocycles. The van der Waals surface area contributed by atoms with Gasteiger partial charge in [-0.15, -0.1) is 0 Å². The Hall–Kier alpha value is -2.48. The van der Waals surface area contributed by atoms with Crippen molar-refractivity contribution in [2.75, 3.05) is 53.0 Å². The van der Waals surface area contributed by atoms with E-state index in [-0.39, 0.29) is 12.6 Å². The van der Waals surface area contributed by atoms with Crippen LogP contribution in [0.25, 0.3) is 0 Å². The molecule has 1 fully saturated rings. The Morgan fingerprint density at radius 1 is 1.29 bits per heavy atom. The zero-order valence-electron chi connectivity index (χ0n) is 20.0. The summed E-state index contributed by atoms with van der Waals surface area (Å²) in [6.45, 7) is 4.29. The average Bonchev–Trinajstić information content (AvgIpc) is 2.89. The van der Waals surface area contributed by atoms with Gasteiger partial charge in [-0.25, -0.2) is 0 Å². The van der Waals surface area contributed by atoms with E-state index in [0.29, 0.717) is 25.5 Å². The number of hydroxylamine groups is 2. The fraction of sp³-hybridized carbons (Fsp3) is 0.458. The number of quaternary nitrogens is 1. The number of likely N-dealkylation sites (tertiary alicyclic amines) is 1. The summed E-state index contributed by atoms with van der Waals surface area (Å²) >= 11 is -0.560. The van der Waals surface area contributed by atoms with Gasteiger partial charge >= 0.3 is 217 Å². The summed E-state index contributed by atoms with van der Waals surface area (Å²) in [6, 6.07) is 0. The van der Waals surface area contributed by atoms with Crippen LogP contribution in [0.5, 0.6) is 0 Å². The second-order valence-electron chi connectivity index (χ2n) is 9.21. The molecule has 10 nitrogen and oxygen atoms in total. The fourth-order valence-corrected chi connectivity index (χ4v) is 6.98. The van der Waals surface area contributed by atoms with E-state index in [0.717, 1.165) is 55.3 Å². The van der Waals surface area contributed by atoms with Crippen LogP contribution in [0.15, 0.2) is 69.3 Å². The van der Waals surface area contributed by atoms with Gasteiger partial charge < -0.3 is 0 Å². The summed E-state index contributed by atoms with van der Waals surface area (Å²) in [4.78, 5) is 19.4. The maximum absolute atomic E-state index is 13.1. The molecule has 35 heavy (non-hydrogen) atoms. The maximum atomic E-state index is 13.1. The Morgan fingerprint density at radius 2 is 2.11 bits per heavy atom. The number of hydrogen-bond donors (Lipinski definition) is 2. The van der Waals surface area contributed by atoms with Crippen LogP contribution in [0.3, 0.4) is 0 Å². The predicted octanol–water partition coefficient (Wildman–Crippen LogP) is -1.81. The number of carbonyl (C=O) groups excluding carboxylic acids is 1. The third-order valence-corrected chi connectivity index (χ3v) is 8.85. The number of nitrogens with zero attached hydrogens (tertiary/aromatic N) is 5. The summed E-state index contributed by atoms with van der Waals surface area (Å²) in [5.74, 6) is 8.38. The first-order valence-electron chi connectivity index (χ1n) is 12.1. The second-order valence-corrected chi connectivity index (χ2v) is 11.6. The van der Waals surface area contributed by atoms with Crippen molar-refractivity contribution in [2.24, 2.45) is 5.84 Å². The molecule has 0 aromatic carbocycles. The summed E-state index contributed by atoms with van der Waals surface area (Å²) in [5, 5.41) is 16.0. The van der Waals surface area contributed by atoms with E-state index < -0.39 is 26.2 Å². The van der Waals surface area contributed by atoms with Crippen LogP contribution in [0.2, 0.25) is 0 Å². The molecule has 0 bridgehead atoms. The first-order valence-corrected chi connectivity index (χ1v) is 14.3. The average molecular weight is 594 g/mol. The first-order chi connectivity index (χ1) is 16.9. The van der Waals surface area contributed by atoms with Crippen molar-refractivity contribution in [3.8, 4) is 0 Å². The van der Waals surface area contributed by atoms with E-state index in [9.17, 15) is 10.0 Å². The molecule has 1 atom stereocenters. The molecule has 0 radical (unpaired) electrons. The van der Waals surface area contributed by atoms with Gasteiger partial charge in [0, 0.05) is 0 Å². The van der Waals surface area contributed by atoms with Crippen LogP contribution in [0, 0.1) is 5.21 Å². The number of ether oxygens (including phenoxy) is 1. The molecule has 0 aliphatic carbocycles. The number of dihydropyridines is 1. The van der Waals surface area contributed by atoms with E-state index >= 15 is 0 Å². The Bertz CT molecular complexity index is 1040. The van der Waals surface area contributed by atoms with Crippen molar-refractivity contribution in [3.05, 3.63) is 74.5 Å². The van der Waals surface area contributed by atoms with Crippen molar-refractivity contribution in [3.63, 3.8) is 0 Å². The summed E-state index contributed by atoms with van der Waals surface area (Å²) in [7, 11) is 2.01. The molecule has 11 heteroatoms. The second kappa shape index (κ2) is 10.2. The topological polar surface area (TPSA) is 100 Å². The molecule has 1 unspecified atom stereocenters. The van der Waals surface area contributed by atoms with E-state index in [1.807, 2.05) is 45.6 Å². The van der Waals surface area contributed by atoms with Crippen molar-refractivity contribution < 1.29 is 35.8 Å². The number of halogens is 1. The number of likely N-dealkylation sites (N-methyl/N-ethyl adjacent to an activating group) is 1. The Kier molecular flexibility index (Phi) is 7.09. The van der Waals surface area contributed by atoms with Crippen molar-refractivity contribution in [1.29, 1.82) is 0 Å². The van der Waals surface area contributed by atoms with E-state index in [4.69, 9.17) is 10.6 Å². The molecule has 3 N–H and O–H groups in total. The normalized spacial score (nSPS) is 24.4. The van der Waals surface area contributed by atoms with Crippen LogP contribution in [-0.4, -0.2) is 81.5 Å². The van der Waals surface area contributed by atoms with Crippen molar-refractivity contribution in [2.45, 2.75) is 19.3 Å². The summed E-state index contributed by atoms with van der Waals surface area (Å²) in [6.07, 6.45) is 14.8. The Labute approximate surface area is 217 Å². The molecule has 0 aromatic rings. The number of hydrogen-bond acceptors (Lipinski definition) is 8. The molecule has 0 spiro atoms. The summed E-state index contributed by atoms with van der Waals surface area (Å²) in [5.41, 5.74) is 1.88. The van der Waals surface area contributed by atoms with Crippen LogP contribution in [0.1, 0.15) is 19.3 Å². The van der Waals surface area contributed by atoms with E-state index in [2.05, 4.69) is 19.2 Å². The number of allylic oxidation sites excluding steroid dienone is 4. The number of carbonyl (C=O) groups is 1. The van der Waals surface area contributed by atoms with Gasteiger partial charge in [-0.1, -0.05) is 0 Å². The molecule has 0 saturated carbocycles. The van der Waals surface area contributed by atoms with Crippen LogP contribution >= 0.6 is 0 Å². The number of nitrogens with two attached hydrogens (primary N) is 1. The van der Waals surface area contributed by atoms with Gasteiger partial charge in [0.1, 0.15) is 0 Å². The minimum absolute atomic E-state index is 0.126. The predicted molar refractivity (Wildman–Crippen MR) is 128 cm³/mol. The first kappa shape index (κ1) is 24.2. The molecular formula is C24H33IN7O3-. The molecule has 1 amide bonds. The third-order valence-electron chi connectivity index (χ3n) is 6.59. The molecule has 5 aliphatic rings. The monoisotopic (exact) mass is 594 g/mol. The van der Waals surface area contributed by atoms with Crippen molar-refractivity contribution in [1.82, 2.24) is 23.1 Å². The molecular weight excluding hydrogens is 561 g/mol. The number of amides is 1. The molecule has 1 saturated heterocycles. The molecule has 190 valence electrons.